The van der Waals surface area contributed by atoms with Gasteiger partial charge >= 0.3 is 0 Å². The van der Waals surface area contributed by atoms with Gasteiger partial charge in [-0.25, -0.2) is 4.39 Å². The van der Waals surface area contributed by atoms with Crippen LogP contribution in [0.15, 0.2) is 22.7 Å². The number of nitrogens with one attached hydrogen (secondary N) is 1. The number of hydrogen-bond acceptors (Lipinski definition) is 4. The van der Waals surface area contributed by atoms with Crippen LogP contribution in [0.3, 0.4) is 0 Å². The summed E-state index contributed by atoms with van der Waals surface area (Å²) in [5.74, 6) is 0.912. The van der Waals surface area contributed by atoms with Crippen LogP contribution in [0.5, 0.6) is 0 Å². The minimum Gasteiger partial charge on any atom is -0.339 e. The van der Waals surface area contributed by atoms with E-state index in [1.165, 1.54) is 12.1 Å². The van der Waals surface area contributed by atoms with Crippen molar-refractivity contribution in [1.29, 1.82) is 0 Å². The number of aromatic nitrogens is 2. The Labute approximate surface area is 127 Å². The molecule has 0 aliphatic carbocycles. The van der Waals surface area contributed by atoms with E-state index in [2.05, 4.69) is 22.4 Å². The largest absolute Gasteiger partial charge is 0.339 e. The summed E-state index contributed by atoms with van der Waals surface area (Å²) in [5.41, 5.74) is 0.726. The minimum atomic E-state index is -0.347. The van der Waals surface area contributed by atoms with Crippen LogP contribution in [0.2, 0.25) is 5.02 Å². The lowest BCUT2D eigenvalue weighted by molar-refractivity contribution is 0.240. The summed E-state index contributed by atoms with van der Waals surface area (Å²) in [6, 6.07) is 4.34. The lowest BCUT2D eigenvalue weighted by Crippen LogP contribution is -2.37. The molecule has 0 atom stereocenters. The predicted molar refractivity (Wildman–Crippen MR) is 78.0 cm³/mol. The number of piperidine rings is 1. The molecule has 1 aromatic carbocycles. The van der Waals surface area contributed by atoms with E-state index in [0.717, 1.165) is 31.5 Å². The van der Waals surface area contributed by atoms with Crippen molar-refractivity contribution in [1.82, 2.24) is 15.5 Å². The van der Waals surface area contributed by atoms with E-state index in [-0.39, 0.29) is 11.2 Å². The Balaban J connectivity index is 1.78. The molecular formula is C15H17ClFN3O. The van der Waals surface area contributed by atoms with Gasteiger partial charge in [-0.2, -0.15) is 4.98 Å². The maximum Gasteiger partial charge on any atom is 0.232 e. The van der Waals surface area contributed by atoms with Gasteiger partial charge in [0.1, 0.15) is 5.82 Å². The zero-order valence-corrected chi connectivity index (χ0v) is 12.6. The predicted octanol–water partition coefficient (Wildman–Crippen LogP) is 3.09. The highest BCUT2D eigenvalue weighted by molar-refractivity contribution is 6.31. The summed E-state index contributed by atoms with van der Waals surface area (Å²) in [7, 11) is 0. The van der Waals surface area contributed by atoms with E-state index < -0.39 is 0 Å². The van der Waals surface area contributed by atoms with Gasteiger partial charge in [-0.05, 0) is 43.6 Å². The van der Waals surface area contributed by atoms with Crippen molar-refractivity contribution in [3.05, 3.63) is 46.3 Å². The molecule has 1 fully saturated rings. The number of benzene rings is 1. The molecule has 2 aromatic rings. The molecule has 6 heteroatoms. The van der Waals surface area contributed by atoms with E-state index in [9.17, 15) is 4.39 Å². The monoisotopic (exact) mass is 309 g/mol. The first-order chi connectivity index (χ1) is 10.1. The molecule has 1 aliphatic heterocycles. The van der Waals surface area contributed by atoms with Crippen LogP contribution in [0, 0.1) is 5.82 Å². The molecule has 0 spiro atoms. The molecule has 0 amide bonds. The average molecular weight is 310 g/mol. The van der Waals surface area contributed by atoms with Gasteiger partial charge < -0.3 is 9.84 Å². The second-order valence-corrected chi connectivity index (χ2v) is 6.15. The van der Waals surface area contributed by atoms with Crippen LogP contribution in [0.1, 0.15) is 37.0 Å². The molecule has 1 saturated heterocycles. The van der Waals surface area contributed by atoms with Crippen molar-refractivity contribution in [2.45, 2.75) is 31.6 Å². The Morgan fingerprint density at radius 2 is 2.14 bits per heavy atom. The fourth-order valence-electron chi connectivity index (χ4n) is 2.60. The maximum atomic E-state index is 13.0. The van der Waals surface area contributed by atoms with Crippen LogP contribution in [0.4, 0.5) is 4.39 Å². The fourth-order valence-corrected chi connectivity index (χ4v) is 2.83. The van der Waals surface area contributed by atoms with Crippen molar-refractivity contribution >= 4 is 11.6 Å². The number of halogens is 2. The molecule has 0 bridgehead atoms. The third kappa shape index (κ3) is 3.09. The molecule has 1 aromatic heterocycles. The van der Waals surface area contributed by atoms with Crippen LogP contribution in [0.25, 0.3) is 0 Å². The topological polar surface area (TPSA) is 51.0 Å². The SMILES string of the molecule is CC1(c2nc(Cc3ccc(F)cc3Cl)no2)CCNCC1. The normalized spacial score (nSPS) is 17.9. The van der Waals surface area contributed by atoms with Gasteiger partial charge in [0.15, 0.2) is 5.82 Å². The zero-order chi connectivity index (χ0) is 14.9. The quantitative estimate of drug-likeness (QED) is 0.946. The Morgan fingerprint density at radius 3 is 2.86 bits per heavy atom. The molecular weight excluding hydrogens is 293 g/mol. The van der Waals surface area contributed by atoms with Crippen LogP contribution in [-0.2, 0) is 11.8 Å². The number of hydrogen-bond donors (Lipinski definition) is 1. The summed E-state index contributed by atoms with van der Waals surface area (Å²) >= 11 is 6.03. The summed E-state index contributed by atoms with van der Waals surface area (Å²) < 4.78 is 18.5. The molecule has 112 valence electrons. The Kier molecular flexibility index (Phi) is 3.95. The van der Waals surface area contributed by atoms with Gasteiger partial charge in [0, 0.05) is 16.9 Å². The Hall–Kier alpha value is -1.46. The lowest BCUT2D eigenvalue weighted by Gasteiger charge is -2.30. The van der Waals surface area contributed by atoms with Gasteiger partial charge in [-0.3, -0.25) is 0 Å². The Morgan fingerprint density at radius 1 is 1.38 bits per heavy atom. The van der Waals surface area contributed by atoms with E-state index in [1.54, 1.807) is 6.07 Å². The number of nitrogens with zero attached hydrogens (tertiary/aromatic N) is 2. The summed E-state index contributed by atoms with van der Waals surface area (Å²) in [5, 5.41) is 7.75. The minimum absolute atomic E-state index is 0.0664. The molecule has 0 saturated carbocycles. The Bertz CT molecular complexity index is 638. The molecule has 21 heavy (non-hydrogen) atoms. The third-order valence-corrected chi connectivity index (χ3v) is 4.41. The van der Waals surface area contributed by atoms with E-state index >= 15 is 0 Å². The number of rotatable bonds is 3. The highest BCUT2D eigenvalue weighted by Crippen LogP contribution is 2.31. The van der Waals surface area contributed by atoms with Gasteiger partial charge in [0.05, 0.1) is 0 Å². The summed E-state index contributed by atoms with van der Waals surface area (Å²) in [6.45, 7) is 4.06. The third-order valence-electron chi connectivity index (χ3n) is 4.06. The van der Waals surface area contributed by atoms with Crippen molar-refractivity contribution < 1.29 is 8.91 Å². The zero-order valence-electron chi connectivity index (χ0n) is 11.8. The highest BCUT2D eigenvalue weighted by Gasteiger charge is 2.34. The molecule has 1 N–H and O–H groups in total. The van der Waals surface area contributed by atoms with Crippen molar-refractivity contribution in [3.63, 3.8) is 0 Å². The first kappa shape index (κ1) is 14.5. The molecule has 1 aliphatic rings. The average Bonchev–Trinajstić information content (AvgIpc) is 2.92. The standard InChI is InChI=1S/C15H17ClFN3O/c1-15(4-6-18-7-5-15)14-19-13(20-21-14)8-10-2-3-11(17)9-12(10)16/h2-3,9,18H,4-8H2,1H3. The van der Waals surface area contributed by atoms with Crippen LogP contribution >= 0.6 is 11.6 Å². The van der Waals surface area contributed by atoms with E-state index in [4.69, 9.17) is 16.1 Å². The van der Waals surface area contributed by atoms with Crippen molar-refractivity contribution in [2.24, 2.45) is 0 Å². The second-order valence-electron chi connectivity index (χ2n) is 5.74. The molecule has 4 nitrogen and oxygen atoms in total. The van der Waals surface area contributed by atoms with Gasteiger partial charge in [0.25, 0.3) is 0 Å². The molecule has 0 unspecified atom stereocenters. The fraction of sp³-hybridized carbons (Fsp3) is 0.467. The molecule has 2 heterocycles. The second kappa shape index (κ2) is 5.73. The van der Waals surface area contributed by atoms with E-state index in [0.29, 0.717) is 23.2 Å². The first-order valence-corrected chi connectivity index (χ1v) is 7.42. The van der Waals surface area contributed by atoms with Crippen molar-refractivity contribution in [3.8, 4) is 0 Å². The van der Waals surface area contributed by atoms with Gasteiger partial charge in [-0.1, -0.05) is 29.7 Å². The van der Waals surface area contributed by atoms with Crippen molar-refractivity contribution in [2.75, 3.05) is 13.1 Å². The van der Waals surface area contributed by atoms with Gasteiger partial charge in [0.2, 0.25) is 5.89 Å². The highest BCUT2D eigenvalue weighted by atomic mass is 35.5. The van der Waals surface area contributed by atoms with Gasteiger partial charge in [-0.15, -0.1) is 0 Å². The summed E-state index contributed by atoms with van der Waals surface area (Å²) in [4.78, 5) is 4.51. The van der Waals surface area contributed by atoms with Crippen LogP contribution in [-0.4, -0.2) is 23.2 Å². The molecule has 0 radical (unpaired) electrons. The molecule has 3 rings (SSSR count). The van der Waals surface area contributed by atoms with Crippen LogP contribution < -0.4 is 5.32 Å². The maximum absolute atomic E-state index is 13.0. The summed E-state index contributed by atoms with van der Waals surface area (Å²) in [6.07, 6.45) is 2.40. The van der Waals surface area contributed by atoms with E-state index in [1.807, 2.05) is 0 Å². The smallest absolute Gasteiger partial charge is 0.232 e. The lowest BCUT2D eigenvalue weighted by atomic mass is 9.81. The first-order valence-electron chi connectivity index (χ1n) is 7.04.